The average Bonchev–Trinajstić information content (AvgIpc) is 2.25. The average molecular weight is 242 g/mol. The van der Waals surface area contributed by atoms with Crippen molar-refractivity contribution < 1.29 is 17.3 Å². The van der Waals surface area contributed by atoms with Crippen molar-refractivity contribution in [3.8, 4) is 0 Å². The Labute approximate surface area is 95.6 Å². The largest absolute Gasteiger partial charge is 0.499 e. The Bertz CT molecular complexity index is 434. The zero-order valence-electron chi connectivity index (χ0n) is 9.05. The topological polar surface area (TPSA) is 52.6 Å². The van der Waals surface area contributed by atoms with Gasteiger partial charge in [-0.3, -0.25) is 4.18 Å². The first-order valence-electron chi connectivity index (χ1n) is 4.75. The molecule has 0 aromatic heterocycles. The second-order valence-electron chi connectivity index (χ2n) is 3.13. The third-order valence-corrected chi connectivity index (χ3v) is 3.19. The summed E-state index contributed by atoms with van der Waals surface area (Å²) in [4.78, 5) is 0.150. The number of hydrogen-bond donors (Lipinski definition) is 0. The zero-order chi connectivity index (χ0) is 12.0. The lowest BCUT2D eigenvalue weighted by molar-refractivity contribution is 0.183. The van der Waals surface area contributed by atoms with Crippen molar-refractivity contribution in [2.75, 3.05) is 13.2 Å². The van der Waals surface area contributed by atoms with Gasteiger partial charge in [-0.1, -0.05) is 24.3 Å². The van der Waals surface area contributed by atoms with Gasteiger partial charge in [-0.05, 0) is 19.1 Å². The van der Waals surface area contributed by atoms with Gasteiger partial charge < -0.3 is 4.74 Å². The molecule has 0 saturated heterocycles. The van der Waals surface area contributed by atoms with E-state index in [0.29, 0.717) is 0 Å². The molecule has 0 fully saturated rings. The maximum absolute atomic E-state index is 11.6. The van der Waals surface area contributed by atoms with E-state index < -0.39 is 10.1 Å². The summed E-state index contributed by atoms with van der Waals surface area (Å²) in [5.41, 5.74) is 0.994. The lowest BCUT2D eigenvalue weighted by Gasteiger charge is -2.05. The second kappa shape index (κ2) is 5.67. The Kier molecular flexibility index (Phi) is 4.52. The molecular formula is C11H14O4S. The van der Waals surface area contributed by atoms with Crippen LogP contribution in [-0.2, 0) is 19.0 Å². The Morgan fingerprint density at radius 3 is 2.44 bits per heavy atom. The van der Waals surface area contributed by atoms with E-state index in [4.69, 9.17) is 8.92 Å². The minimum atomic E-state index is -3.67. The van der Waals surface area contributed by atoms with E-state index in [0.717, 1.165) is 5.56 Å². The first-order valence-corrected chi connectivity index (χ1v) is 6.16. The highest BCUT2D eigenvalue weighted by Gasteiger charge is 2.14. The highest BCUT2D eigenvalue weighted by atomic mass is 32.2. The fourth-order valence-corrected chi connectivity index (χ4v) is 1.94. The molecule has 0 aliphatic carbocycles. The summed E-state index contributed by atoms with van der Waals surface area (Å²) >= 11 is 0. The molecule has 0 heterocycles. The van der Waals surface area contributed by atoms with Crippen LogP contribution < -0.4 is 0 Å². The molecule has 0 amide bonds. The normalized spacial score (nSPS) is 11.1. The third-order valence-electron chi connectivity index (χ3n) is 1.87. The van der Waals surface area contributed by atoms with E-state index in [1.165, 1.54) is 18.4 Å². The zero-order valence-corrected chi connectivity index (χ0v) is 9.87. The quantitative estimate of drug-likeness (QED) is 0.434. The van der Waals surface area contributed by atoms with Crippen LogP contribution in [0.3, 0.4) is 0 Å². The standard InChI is InChI=1S/C11H14O4S/c1-3-14-8-9-15-16(12,13)11-6-4-10(2)5-7-11/h3-7H,1,8-9H2,2H3. The van der Waals surface area contributed by atoms with Gasteiger partial charge in [0, 0.05) is 0 Å². The minimum Gasteiger partial charge on any atom is -0.499 e. The van der Waals surface area contributed by atoms with Crippen molar-refractivity contribution >= 4 is 10.1 Å². The molecule has 1 aromatic rings. The van der Waals surface area contributed by atoms with Crippen LogP contribution in [0.25, 0.3) is 0 Å². The maximum atomic E-state index is 11.6. The van der Waals surface area contributed by atoms with E-state index in [9.17, 15) is 8.42 Å². The number of hydrogen-bond acceptors (Lipinski definition) is 4. The van der Waals surface area contributed by atoms with Crippen molar-refractivity contribution in [3.63, 3.8) is 0 Å². The molecule has 0 saturated carbocycles. The fourth-order valence-electron chi connectivity index (χ4n) is 1.05. The predicted octanol–water partition coefficient (Wildman–Crippen LogP) is 1.86. The van der Waals surface area contributed by atoms with Crippen LogP contribution in [0, 0.1) is 6.92 Å². The second-order valence-corrected chi connectivity index (χ2v) is 4.74. The SMILES string of the molecule is C=COCCOS(=O)(=O)c1ccc(C)cc1. The molecular weight excluding hydrogens is 228 g/mol. The van der Waals surface area contributed by atoms with Gasteiger partial charge in [0.2, 0.25) is 0 Å². The van der Waals surface area contributed by atoms with Gasteiger partial charge in [0.1, 0.15) is 13.2 Å². The van der Waals surface area contributed by atoms with Crippen LogP contribution in [0.2, 0.25) is 0 Å². The van der Waals surface area contributed by atoms with E-state index in [2.05, 4.69) is 6.58 Å². The Balaban J connectivity index is 2.63. The van der Waals surface area contributed by atoms with Crippen LogP contribution in [0.5, 0.6) is 0 Å². The van der Waals surface area contributed by atoms with Crippen molar-refractivity contribution in [1.29, 1.82) is 0 Å². The summed E-state index contributed by atoms with van der Waals surface area (Å²) < 4.78 is 32.7. The Morgan fingerprint density at radius 1 is 1.25 bits per heavy atom. The van der Waals surface area contributed by atoms with Gasteiger partial charge in [-0.15, -0.1) is 0 Å². The first-order chi connectivity index (χ1) is 7.56. The van der Waals surface area contributed by atoms with Gasteiger partial charge in [0.25, 0.3) is 10.1 Å². The molecule has 0 aliphatic heterocycles. The number of benzene rings is 1. The summed E-state index contributed by atoms with van der Waals surface area (Å²) in [6.45, 7) is 5.36. The van der Waals surface area contributed by atoms with E-state index in [1.54, 1.807) is 12.1 Å². The summed E-state index contributed by atoms with van der Waals surface area (Å²) in [6.07, 6.45) is 1.24. The Hall–Kier alpha value is -1.33. The molecule has 0 spiro atoms. The minimum absolute atomic E-state index is 0.0256. The molecule has 0 bridgehead atoms. The summed E-state index contributed by atoms with van der Waals surface area (Å²) in [7, 11) is -3.67. The smallest absolute Gasteiger partial charge is 0.297 e. The number of aryl methyl sites for hydroxylation is 1. The van der Waals surface area contributed by atoms with Crippen LogP contribution in [0.15, 0.2) is 42.0 Å². The van der Waals surface area contributed by atoms with E-state index >= 15 is 0 Å². The maximum Gasteiger partial charge on any atom is 0.297 e. The van der Waals surface area contributed by atoms with Crippen molar-refractivity contribution in [2.24, 2.45) is 0 Å². The number of rotatable bonds is 6. The van der Waals surface area contributed by atoms with E-state index in [-0.39, 0.29) is 18.1 Å². The molecule has 88 valence electrons. The molecule has 1 rings (SSSR count). The van der Waals surface area contributed by atoms with Gasteiger partial charge in [0.05, 0.1) is 11.2 Å². The van der Waals surface area contributed by atoms with Gasteiger partial charge in [-0.2, -0.15) is 8.42 Å². The molecule has 0 radical (unpaired) electrons. The molecule has 0 N–H and O–H groups in total. The van der Waals surface area contributed by atoms with Crippen molar-refractivity contribution in [2.45, 2.75) is 11.8 Å². The molecule has 0 unspecified atom stereocenters. The summed E-state index contributed by atoms with van der Waals surface area (Å²) in [5, 5.41) is 0. The van der Waals surface area contributed by atoms with Crippen LogP contribution in [0.4, 0.5) is 0 Å². The molecule has 5 heteroatoms. The summed E-state index contributed by atoms with van der Waals surface area (Å²) in [6, 6.07) is 6.46. The number of ether oxygens (including phenoxy) is 1. The van der Waals surface area contributed by atoms with Crippen molar-refractivity contribution in [1.82, 2.24) is 0 Å². The molecule has 1 aromatic carbocycles. The molecule has 0 atom stereocenters. The summed E-state index contributed by atoms with van der Waals surface area (Å²) in [5.74, 6) is 0. The highest BCUT2D eigenvalue weighted by Crippen LogP contribution is 2.12. The fraction of sp³-hybridized carbons (Fsp3) is 0.273. The molecule has 4 nitrogen and oxygen atoms in total. The van der Waals surface area contributed by atoms with Gasteiger partial charge in [0.15, 0.2) is 0 Å². The highest BCUT2D eigenvalue weighted by molar-refractivity contribution is 7.86. The third kappa shape index (κ3) is 3.67. The predicted molar refractivity (Wildman–Crippen MR) is 60.5 cm³/mol. The molecule has 16 heavy (non-hydrogen) atoms. The first kappa shape index (κ1) is 12.7. The van der Waals surface area contributed by atoms with E-state index in [1.807, 2.05) is 6.92 Å². The van der Waals surface area contributed by atoms with Gasteiger partial charge >= 0.3 is 0 Å². The van der Waals surface area contributed by atoms with Crippen LogP contribution >= 0.6 is 0 Å². The Morgan fingerprint density at radius 2 is 1.88 bits per heavy atom. The monoisotopic (exact) mass is 242 g/mol. The van der Waals surface area contributed by atoms with Gasteiger partial charge in [-0.25, -0.2) is 0 Å². The van der Waals surface area contributed by atoms with Crippen molar-refractivity contribution in [3.05, 3.63) is 42.7 Å². The molecule has 0 aliphatic rings. The van der Waals surface area contributed by atoms with Crippen LogP contribution in [-0.4, -0.2) is 21.6 Å². The van der Waals surface area contributed by atoms with Crippen LogP contribution in [0.1, 0.15) is 5.56 Å². The lowest BCUT2D eigenvalue weighted by atomic mass is 10.2. The lowest BCUT2D eigenvalue weighted by Crippen LogP contribution is -2.10.